The van der Waals surface area contributed by atoms with Gasteiger partial charge in [-0.05, 0) is 64.6 Å². The van der Waals surface area contributed by atoms with Gasteiger partial charge < -0.3 is 15.0 Å². The molecule has 0 aliphatic heterocycles. The number of ether oxygens (including phenoxy) is 1. The maximum atomic E-state index is 6.02. The van der Waals surface area contributed by atoms with Gasteiger partial charge in [0.1, 0.15) is 28.0 Å². The second-order valence-electron chi connectivity index (χ2n) is 10.1. The van der Waals surface area contributed by atoms with Crippen molar-refractivity contribution in [3.05, 3.63) is 108 Å². The fraction of sp³-hybridized carbons (Fsp3) is 0.219. The van der Waals surface area contributed by atoms with Crippen LogP contribution in [0.2, 0.25) is 0 Å². The van der Waals surface area contributed by atoms with Crippen LogP contribution in [0, 0.1) is 0 Å². The van der Waals surface area contributed by atoms with Crippen LogP contribution < -0.4 is 21.0 Å². The van der Waals surface area contributed by atoms with E-state index >= 15 is 0 Å². The molecule has 39 heavy (non-hydrogen) atoms. The Bertz CT molecular complexity index is 1470. The molecule has 0 spiro atoms. The number of aromatic nitrogens is 2. The summed E-state index contributed by atoms with van der Waals surface area (Å²) in [6.45, 7) is 8.38. The van der Waals surface area contributed by atoms with E-state index in [4.69, 9.17) is 4.74 Å². The molecule has 0 amide bonds. The zero-order valence-electron chi connectivity index (χ0n) is 23.8. The minimum absolute atomic E-state index is 0.602. The molecule has 2 N–H and O–H groups in total. The van der Waals surface area contributed by atoms with Gasteiger partial charge in [0.25, 0.3) is 0 Å². The molecule has 0 saturated carbocycles. The quantitative estimate of drug-likeness (QED) is 0.132. The smallest absolute Gasteiger partial charge is 0.139 e. The summed E-state index contributed by atoms with van der Waals surface area (Å²) in [7, 11) is 8.31. The predicted octanol–water partition coefficient (Wildman–Crippen LogP) is 3.05. The molecule has 7 heteroatoms. The van der Waals surface area contributed by atoms with E-state index in [2.05, 4.69) is 111 Å². The Morgan fingerprint density at radius 1 is 1.00 bits per heavy atom. The molecule has 198 valence electrons. The topological polar surface area (TPSA) is 53.2 Å². The number of H-pyrrole nitrogens is 1. The molecule has 4 aromatic rings. The van der Waals surface area contributed by atoms with Crippen LogP contribution in [0.15, 0.2) is 91.3 Å². The lowest BCUT2D eigenvalue weighted by molar-refractivity contribution is 0.316. The lowest BCUT2D eigenvalue weighted by Crippen LogP contribution is -2.21. The van der Waals surface area contributed by atoms with Gasteiger partial charge in [-0.3, -0.25) is 5.10 Å². The van der Waals surface area contributed by atoms with Crippen molar-refractivity contribution in [3.63, 3.8) is 0 Å². The normalized spacial score (nSPS) is 12.1. The van der Waals surface area contributed by atoms with Crippen molar-refractivity contribution < 1.29 is 4.74 Å². The highest BCUT2D eigenvalue weighted by Crippen LogP contribution is 2.35. The Morgan fingerprint density at radius 3 is 2.41 bits per heavy atom. The molecule has 0 aliphatic carbocycles. The highest BCUT2D eigenvalue weighted by atomic mass is 16.5. The third-order valence-corrected chi connectivity index (χ3v) is 6.79. The van der Waals surface area contributed by atoms with Gasteiger partial charge >= 0.3 is 0 Å². The Labute approximate surface area is 234 Å². The van der Waals surface area contributed by atoms with Crippen LogP contribution in [-0.2, 0) is 0 Å². The minimum atomic E-state index is 0.602. The molecule has 4 rings (SSSR count). The van der Waals surface area contributed by atoms with Crippen LogP contribution in [0.3, 0.4) is 0 Å². The van der Waals surface area contributed by atoms with Gasteiger partial charge in [-0.25, -0.2) is 0 Å². The number of aromatic amines is 1. The Hall–Kier alpha value is -3.96. The Morgan fingerprint density at radius 2 is 1.72 bits per heavy atom. The molecule has 1 heterocycles. The zero-order valence-corrected chi connectivity index (χ0v) is 23.8. The van der Waals surface area contributed by atoms with E-state index in [1.807, 2.05) is 31.3 Å². The first-order valence-electron chi connectivity index (χ1n) is 13.6. The van der Waals surface area contributed by atoms with Gasteiger partial charge in [-0.1, -0.05) is 66.9 Å². The zero-order chi connectivity index (χ0) is 27.8. The van der Waals surface area contributed by atoms with Crippen molar-refractivity contribution >= 4 is 48.7 Å². The molecule has 1 aromatic heterocycles. The third-order valence-electron chi connectivity index (χ3n) is 6.79. The highest BCUT2D eigenvalue weighted by Gasteiger charge is 2.15. The molecular formula is C32H38B2N4O. The van der Waals surface area contributed by atoms with E-state index in [9.17, 15) is 0 Å². The van der Waals surface area contributed by atoms with Crippen LogP contribution in [0.1, 0.15) is 30.0 Å². The van der Waals surface area contributed by atoms with Gasteiger partial charge in [-0.2, -0.15) is 5.10 Å². The highest BCUT2D eigenvalue weighted by molar-refractivity contribution is 6.38. The maximum Gasteiger partial charge on any atom is 0.139 e. The Kier molecular flexibility index (Phi) is 9.50. The number of likely N-dealkylation sites (N-methyl/N-ethyl adjacent to an activating group) is 1. The summed E-state index contributed by atoms with van der Waals surface area (Å²) in [5, 5.41) is 11.8. The number of fused-ring (bicyclic) bond motifs is 1. The van der Waals surface area contributed by atoms with Crippen LogP contribution in [0.4, 0.5) is 0 Å². The number of rotatable bonds is 12. The van der Waals surface area contributed by atoms with E-state index in [-0.39, 0.29) is 0 Å². The summed E-state index contributed by atoms with van der Waals surface area (Å²) in [6, 6.07) is 21.8. The largest absolute Gasteiger partial charge is 0.492 e. The molecular weight excluding hydrogens is 478 g/mol. The lowest BCUT2D eigenvalue weighted by atomic mass is 9.81. The van der Waals surface area contributed by atoms with Crippen molar-refractivity contribution in [1.29, 1.82) is 0 Å². The van der Waals surface area contributed by atoms with E-state index in [1.54, 1.807) is 0 Å². The Balaban J connectivity index is 1.55. The number of hydrogen-bond acceptors (Lipinski definition) is 4. The summed E-state index contributed by atoms with van der Waals surface area (Å²) in [4.78, 5) is 1.99. The van der Waals surface area contributed by atoms with Gasteiger partial charge in [0, 0.05) is 38.3 Å². The van der Waals surface area contributed by atoms with Crippen LogP contribution in [0.25, 0.3) is 22.0 Å². The second kappa shape index (κ2) is 13.2. The molecule has 0 unspecified atom stereocenters. The fourth-order valence-electron chi connectivity index (χ4n) is 4.78. The summed E-state index contributed by atoms with van der Waals surface area (Å²) in [5.41, 5.74) is 10.8. The number of allylic oxidation sites excluding steroid dienone is 2. The third kappa shape index (κ3) is 7.33. The van der Waals surface area contributed by atoms with Crippen molar-refractivity contribution in [2.75, 3.05) is 33.8 Å². The average molecular weight is 516 g/mol. The second-order valence-corrected chi connectivity index (χ2v) is 10.1. The molecule has 5 nitrogen and oxygen atoms in total. The van der Waals surface area contributed by atoms with Gasteiger partial charge in [0.05, 0.1) is 11.7 Å². The van der Waals surface area contributed by atoms with E-state index in [0.29, 0.717) is 6.61 Å². The first-order chi connectivity index (χ1) is 18.9. The number of nitrogens with zero attached hydrogens (tertiary/aromatic N) is 2. The minimum Gasteiger partial charge on any atom is -0.492 e. The summed E-state index contributed by atoms with van der Waals surface area (Å²) in [6.07, 6.45) is 6.90. The van der Waals surface area contributed by atoms with Crippen molar-refractivity contribution in [1.82, 2.24) is 20.4 Å². The average Bonchev–Trinajstić information content (AvgIpc) is 3.39. The summed E-state index contributed by atoms with van der Waals surface area (Å²) < 4.78 is 6.02. The van der Waals surface area contributed by atoms with Crippen molar-refractivity contribution in [3.8, 4) is 5.75 Å². The first kappa shape index (κ1) is 28.1. The van der Waals surface area contributed by atoms with Gasteiger partial charge in [0.15, 0.2) is 0 Å². The van der Waals surface area contributed by atoms with E-state index < -0.39 is 0 Å². The van der Waals surface area contributed by atoms with Gasteiger partial charge in [-0.15, -0.1) is 0 Å². The number of hydrogen-bond donors (Lipinski definition) is 2. The molecule has 0 atom stereocenters. The summed E-state index contributed by atoms with van der Waals surface area (Å²) in [5.74, 6) is 0.867. The maximum absolute atomic E-state index is 6.02. The molecule has 0 fully saturated rings. The molecule has 0 saturated heterocycles. The number of nitrogens with one attached hydrogen (secondary N) is 2. The van der Waals surface area contributed by atoms with Gasteiger partial charge in [0.2, 0.25) is 0 Å². The standard InChI is InChI=1S/C32H38B2N4O/c1-5-30(25-18-27(33)20-28(34)19-25)32(24-10-13-31-26(17-24)21-36-37-31)23-8-11-29(12-9-23)39-16-15-35-14-6-7-22(2)38(3)4/h6-13,17-21,35H,2,5,14-16,33-34H2,1,3-4H3,(H,36,37)/b7-6+,32-30+. The van der Waals surface area contributed by atoms with Crippen LogP contribution in [-0.4, -0.2) is 64.6 Å². The first-order valence-corrected chi connectivity index (χ1v) is 13.6. The van der Waals surface area contributed by atoms with Crippen LogP contribution >= 0.6 is 0 Å². The van der Waals surface area contributed by atoms with Crippen LogP contribution in [0.5, 0.6) is 5.75 Å². The lowest BCUT2D eigenvalue weighted by Gasteiger charge is -2.18. The molecule has 3 aromatic carbocycles. The SMILES string of the molecule is Bc1cc(B)cc(/C(CC)=C(\c2ccc(OCCNC/C=C/C(=C)N(C)C)cc2)c2ccc3[nH]ncc3c2)c1. The molecule has 0 aliphatic rings. The van der Waals surface area contributed by atoms with E-state index in [0.717, 1.165) is 41.9 Å². The summed E-state index contributed by atoms with van der Waals surface area (Å²) >= 11 is 0. The molecule has 0 radical (unpaired) electrons. The van der Waals surface area contributed by atoms with Crippen molar-refractivity contribution in [2.24, 2.45) is 0 Å². The van der Waals surface area contributed by atoms with E-state index in [1.165, 1.54) is 38.8 Å². The monoisotopic (exact) mass is 516 g/mol. The molecule has 0 bridgehead atoms. The van der Waals surface area contributed by atoms with Crippen molar-refractivity contribution in [2.45, 2.75) is 13.3 Å². The number of benzene rings is 3. The predicted molar refractivity (Wildman–Crippen MR) is 172 cm³/mol. The fourth-order valence-corrected chi connectivity index (χ4v) is 4.78.